The van der Waals surface area contributed by atoms with Crippen molar-refractivity contribution in [3.8, 4) is 11.8 Å². The highest BCUT2D eigenvalue weighted by atomic mass is 31.2. The molecule has 7 N–H and O–H groups in total. The van der Waals surface area contributed by atoms with Gasteiger partial charge in [-0.25, -0.2) is 4.99 Å². The smallest absolute Gasteiger partial charge is 0.325 e. The van der Waals surface area contributed by atoms with Gasteiger partial charge in [0, 0.05) is 19.0 Å². The van der Waals surface area contributed by atoms with E-state index in [9.17, 15) is 14.8 Å². The van der Waals surface area contributed by atoms with E-state index in [1.54, 1.807) is 0 Å². The molecule has 1 fully saturated rings. The summed E-state index contributed by atoms with van der Waals surface area (Å²) in [5.41, 5.74) is 6.06. The number of hydrogen-bond acceptors (Lipinski definition) is 8. The summed E-state index contributed by atoms with van der Waals surface area (Å²) in [5.74, 6) is 5.53. The Labute approximate surface area is 144 Å². The number of nitrogens with zero attached hydrogens (tertiary/aromatic N) is 2. The van der Waals surface area contributed by atoms with Crippen LogP contribution in [-0.4, -0.2) is 73.4 Å². The molecule has 140 valence electrons. The lowest BCUT2D eigenvalue weighted by atomic mass is 10.1. The summed E-state index contributed by atoms with van der Waals surface area (Å²) < 4.78 is 16.2. The minimum Gasteiger partial charge on any atom is -0.394 e. The minimum absolute atomic E-state index is 0.0310. The standard InChI is InChI=1S/C14H22N3O7P/c15-13-9(4-2-1-3-5-25(21,22)23)7-17(14(20)16-13)12-6-10(19)11(8-18)24-12/h7,10-12,14,18-20H,1,3,5-6,8H2,(H2,15,16)(H2,21,22,23). The number of ether oxygens (including phenoxy) is 1. The first-order valence-corrected chi connectivity index (χ1v) is 9.50. The molecule has 0 bridgehead atoms. The van der Waals surface area contributed by atoms with Crippen molar-refractivity contribution in [2.24, 2.45) is 10.7 Å². The fourth-order valence-electron chi connectivity index (χ4n) is 2.46. The molecule has 10 nitrogen and oxygen atoms in total. The number of unbranched alkanes of at least 4 members (excludes halogenated alkanes) is 1. The molecule has 11 heteroatoms. The fraction of sp³-hybridized carbons (Fsp3) is 0.643. The first-order valence-electron chi connectivity index (χ1n) is 7.70. The van der Waals surface area contributed by atoms with Gasteiger partial charge in [-0.1, -0.05) is 11.8 Å². The molecule has 25 heavy (non-hydrogen) atoms. The van der Waals surface area contributed by atoms with E-state index in [4.69, 9.17) is 25.4 Å². The van der Waals surface area contributed by atoms with Crippen LogP contribution >= 0.6 is 7.60 Å². The van der Waals surface area contributed by atoms with Crippen molar-refractivity contribution in [1.29, 1.82) is 0 Å². The zero-order chi connectivity index (χ0) is 18.6. The number of hydrogen-bond donors (Lipinski definition) is 6. The SMILES string of the molecule is NC1=NC(O)N(C2CC(O)C(CO)O2)C=C1C#CCCCP(=O)(O)O. The summed E-state index contributed by atoms with van der Waals surface area (Å²) in [6.45, 7) is -0.344. The Balaban J connectivity index is 2.02. The molecular weight excluding hydrogens is 353 g/mol. The maximum absolute atomic E-state index is 10.8. The van der Waals surface area contributed by atoms with Gasteiger partial charge in [0.05, 0.1) is 24.4 Å². The molecule has 0 aromatic rings. The minimum atomic E-state index is -4.03. The number of aliphatic hydroxyl groups is 3. The molecule has 0 spiro atoms. The average molecular weight is 375 g/mol. The quantitative estimate of drug-likeness (QED) is 0.185. The summed E-state index contributed by atoms with van der Waals surface area (Å²) in [6, 6.07) is 0. The van der Waals surface area contributed by atoms with Crippen LogP contribution in [0, 0.1) is 11.8 Å². The van der Waals surface area contributed by atoms with E-state index in [0.29, 0.717) is 5.57 Å². The van der Waals surface area contributed by atoms with Gasteiger partial charge in [0.1, 0.15) is 18.2 Å². The van der Waals surface area contributed by atoms with Crippen LogP contribution in [0.5, 0.6) is 0 Å². The summed E-state index contributed by atoms with van der Waals surface area (Å²) in [4.78, 5) is 22.8. The van der Waals surface area contributed by atoms with Gasteiger partial charge in [0.2, 0.25) is 6.35 Å². The first-order chi connectivity index (χ1) is 11.7. The summed E-state index contributed by atoms with van der Waals surface area (Å²) in [6.07, 6.45) is -1.69. The molecule has 2 heterocycles. The monoisotopic (exact) mass is 375 g/mol. The van der Waals surface area contributed by atoms with Gasteiger partial charge in [-0.05, 0) is 6.42 Å². The van der Waals surface area contributed by atoms with Gasteiger partial charge < -0.3 is 40.5 Å². The molecule has 0 radical (unpaired) electrons. The molecule has 1 saturated heterocycles. The van der Waals surface area contributed by atoms with Crippen molar-refractivity contribution in [3.63, 3.8) is 0 Å². The van der Waals surface area contributed by atoms with E-state index in [1.165, 1.54) is 11.1 Å². The van der Waals surface area contributed by atoms with Crippen molar-refractivity contribution in [2.75, 3.05) is 12.8 Å². The molecule has 0 aromatic heterocycles. The van der Waals surface area contributed by atoms with E-state index in [2.05, 4.69) is 16.8 Å². The zero-order valence-corrected chi connectivity index (χ0v) is 14.3. The van der Waals surface area contributed by atoms with Gasteiger partial charge in [-0.2, -0.15) is 0 Å². The van der Waals surface area contributed by atoms with E-state index in [0.717, 1.165) is 0 Å². The van der Waals surface area contributed by atoms with Crippen molar-refractivity contribution in [3.05, 3.63) is 11.8 Å². The predicted molar refractivity (Wildman–Crippen MR) is 87.8 cm³/mol. The van der Waals surface area contributed by atoms with E-state index >= 15 is 0 Å². The Bertz CT molecular complexity index is 651. The maximum Gasteiger partial charge on any atom is 0.325 e. The Kier molecular flexibility index (Phi) is 6.59. The molecule has 0 saturated carbocycles. The van der Waals surface area contributed by atoms with Gasteiger partial charge >= 0.3 is 7.60 Å². The van der Waals surface area contributed by atoms with E-state index in [1.807, 2.05) is 0 Å². The third kappa shape index (κ3) is 5.52. The van der Waals surface area contributed by atoms with Crippen LogP contribution in [0.2, 0.25) is 0 Å². The topological polar surface area (TPSA) is 169 Å². The van der Waals surface area contributed by atoms with Crippen LogP contribution in [-0.2, 0) is 9.30 Å². The molecule has 0 aromatic carbocycles. The third-order valence-electron chi connectivity index (χ3n) is 3.77. The fourth-order valence-corrected chi connectivity index (χ4v) is 3.03. The highest BCUT2D eigenvalue weighted by Crippen LogP contribution is 2.35. The Morgan fingerprint density at radius 2 is 2.16 bits per heavy atom. The molecular formula is C14H22N3O7P. The summed E-state index contributed by atoms with van der Waals surface area (Å²) in [5, 5.41) is 28.9. The van der Waals surface area contributed by atoms with Gasteiger partial charge in [0.15, 0.2) is 0 Å². The number of rotatable bonds is 5. The largest absolute Gasteiger partial charge is 0.394 e. The Morgan fingerprint density at radius 1 is 1.44 bits per heavy atom. The second-order valence-electron chi connectivity index (χ2n) is 5.76. The van der Waals surface area contributed by atoms with Crippen LogP contribution in [0.15, 0.2) is 16.8 Å². The van der Waals surface area contributed by atoms with Crippen LogP contribution in [0.1, 0.15) is 19.3 Å². The highest BCUT2D eigenvalue weighted by molar-refractivity contribution is 7.51. The van der Waals surface area contributed by atoms with Gasteiger partial charge in [-0.15, -0.1) is 0 Å². The average Bonchev–Trinajstić information content (AvgIpc) is 2.88. The molecule has 0 aliphatic carbocycles. The summed E-state index contributed by atoms with van der Waals surface area (Å²) in [7, 11) is -4.03. The van der Waals surface area contributed by atoms with Crippen LogP contribution in [0.4, 0.5) is 0 Å². The third-order valence-corrected chi connectivity index (χ3v) is 4.67. The van der Waals surface area contributed by atoms with E-state index < -0.39 is 32.4 Å². The van der Waals surface area contributed by atoms with Crippen LogP contribution in [0.3, 0.4) is 0 Å². The zero-order valence-electron chi connectivity index (χ0n) is 13.4. The Morgan fingerprint density at radius 3 is 2.76 bits per heavy atom. The van der Waals surface area contributed by atoms with Crippen molar-refractivity contribution >= 4 is 13.4 Å². The molecule has 4 unspecified atom stereocenters. The Hall–Kier alpha value is -1.44. The first kappa shape index (κ1) is 19.9. The highest BCUT2D eigenvalue weighted by Gasteiger charge is 2.39. The summed E-state index contributed by atoms with van der Waals surface area (Å²) >= 11 is 0. The number of aliphatic hydroxyl groups excluding tert-OH is 3. The number of nitrogens with two attached hydrogens (primary N) is 1. The van der Waals surface area contributed by atoms with Gasteiger partial charge in [0.25, 0.3) is 0 Å². The lowest BCUT2D eigenvalue weighted by molar-refractivity contribution is -0.110. The number of amidine groups is 1. The van der Waals surface area contributed by atoms with Crippen molar-refractivity contribution in [1.82, 2.24) is 4.90 Å². The normalized spacial score (nSPS) is 29.7. The molecule has 4 atom stereocenters. The second-order valence-corrected chi connectivity index (χ2v) is 7.54. The van der Waals surface area contributed by atoms with Crippen LogP contribution < -0.4 is 5.73 Å². The van der Waals surface area contributed by atoms with Crippen LogP contribution in [0.25, 0.3) is 0 Å². The van der Waals surface area contributed by atoms with E-state index in [-0.39, 0.29) is 37.9 Å². The van der Waals surface area contributed by atoms with Gasteiger partial charge in [-0.3, -0.25) is 4.57 Å². The molecule has 2 rings (SSSR count). The lowest BCUT2D eigenvalue weighted by Gasteiger charge is -2.32. The number of aliphatic imine (C=N–C) groups is 1. The maximum atomic E-state index is 10.8. The molecule has 2 aliphatic heterocycles. The molecule has 0 amide bonds. The predicted octanol–water partition coefficient (Wildman–Crippen LogP) is -1.75. The molecule has 2 aliphatic rings. The van der Waals surface area contributed by atoms with Crippen molar-refractivity contribution in [2.45, 2.75) is 44.1 Å². The van der Waals surface area contributed by atoms with Crippen molar-refractivity contribution < 1.29 is 34.4 Å². The second kappa shape index (κ2) is 8.29. The lowest BCUT2D eigenvalue weighted by Crippen LogP contribution is -2.43.